The molecule has 0 spiro atoms. The summed E-state index contributed by atoms with van der Waals surface area (Å²) in [6.07, 6.45) is 0.715. The van der Waals surface area contributed by atoms with Crippen LogP contribution < -0.4 is 5.32 Å². The Hall–Kier alpha value is -3.47. The van der Waals surface area contributed by atoms with E-state index in [4.69, 9.17) is 0 Å². The van der Waals surface area contributed by atoms with Gasteiger partial charge in [0.2, 0.25) is 5.91 Å². The molecule has 0 fully saturated rings. The van der Waals surface area contributed by atoms with E-state index in [0.717, 1.165) is 0 Å². The molecule has 5 heteroatoms. The van der Waals surface area contributed by atoms with Gasteiger partial charge in [-0.3, -0.25) is 14.9 Å². The molecule has 0 aromatic heterocycles. The number of nitro benzene ring substituents is 1. The van der Waals surface area contributed by atoms with Crippen molar-refractivity contribution < 1.29 is 9.72 Å². The Morgan fingerprint density at radius 1 is 0.966 bits per heavy atom. The first kappa shape index (κ1) is 17.6. The number of fused-ring (bicyclic) bond motifs is 1. The molecule has 0 saturated carbocycles. The Bertz CT molecular complexity index is 1110. The van der Waals surface area contributed by atoms with Gasteiger partial charge >= 0.3 is 0 Å². The van der Waals surface area contributed by atoms with Crippen LogP contribution >= 0.6 is 0 Å². The molecule has 6 rings (SSSR count). The summed E-state index contributed by atoms with van der Waals surface area (Å²) in [7, 11) is 0. The molecule has 3 aromatic rings. The van der Waals surface area contributed by atoms with E-state index in [1.807, 2.05) is 19.1 Å². The number of benzene rings is 3. The zero-order valence-corrected chi connectivity index (χ0v) is 16.0. The van der Waals surface area contributed by atoms with Crippen LogP contribution in [0.3, 0.4) is 0 Å². The first-order valence-electron chi connectivity index (χ1n) is 9.72. The van der Waals surface area contributed by atoms with Crippen LogP contribution in [0.4, 0.5) is 11.4 Å². The maximum absolute atomic E-state index is 13.5. The number of nitrogens with zero attached hydrogens (tertiary/aromatic N) is 1. The van der Waals surface area contributed by atoms with Crippen LogP contribution in [0.2, 0.25) is 0 Å². The first-order chi connectivity index (χ1) is 14.0. The highest BCUT2D eigenvalue weighted by Gasteiger charge is 2.53. The SMILES string of the molecule is CC1(C(=O)Nc2cccc([N+](=O)[O-])c2)CC2c3ccccc3C1c1ccccc12. The largest absolute Gasteiger partial charge is 0.325 e. The van der Waals surface area contributed by atoms with E-state index < -0.39 is 10.3 Å². The van der Waals surface area contributed by atoms with E-state index in [1.165, 1.54) is 34.4 Å². The van der Waals surface area contributed by atoms with E-state index in [2.05, 4.69) is 41.7 Å². The van der Waals surface area contributed by atoms with Gasteiger partial charge in [-0.25, -0.2) is 0 Å². The molecule has 3 aliphatic rings. The van der Waals surface area contributed by atoms with Gasteiger partial charge in [0.1, 0.15) is 0 Å². The molecule has 1 atom stereocenters. The second kappa shape index (κ2) is 6.27. The van der Waals surface area contributed by atoms with Crippen molar-refractivity contribution in [3.8, 4) is 0 Å². The average Bonchev–Trinajstić information content (AvgIpc) is 2.74. The second-order valence-corrected chi connectivity index (χ2v) is 8.13. The van der Waals surface area contributed by atoms with Crippen LogP contribution in [0.5, 0.6) is 0 Å². The number of carbonyl (C=O) groups excluding carboxylic acids is 1. The van der Waals surface area contributed by atoms with Crippen molar-refractivity contribution in [1.82, 2.24) is 0 Å². The highest BCUT2D eigenvalue weighted by Crippen LogP contribution is 2.61. The lowest BCUT2D eigenvalue weighted by Gasteiger charge is -2.50. The molecule has 1 amide bonds. The van der Waals surface area contributed by atoms with Gasteiger partial charge in [0.15, 0.2) is 0 Å². The number of nitro groups is 1. The fraction of sp³-hybridized carbons (Fsp3) is 0.208. The standard InChI is InChI=1S/C24H20N2O3/c1-24(23(27)25-15-7-6-8-16(13-15)26(28)29)14-21-17-9-2-4-11-19(17)22(24)20-12-5-3-10-18(20)21/h2-13,21-22H,14H2,1H3,(H,25,27). The third kappa shape index (κ3) is 2.58. The third-order valence-corrected chi connectivity index (χ3v) is 6.46. The van der Waals surface area contributed by atoms with Crippen molar-refractivity contribution in [2.75, 3.05) is 5.32 Å². The zero-order valence-electron chi connectivity index (χ0n) is 16.0. The Kier molecular flexibility index (Phi) is 3.81. The van der Waals surface area contributed by atoms with Crippen LogP contribution in [0, 0.1) is 15.5 Å². The van der Waals surface area contributed by atoms with Crippen molar-refractivity contribution in [3.05, 3.63) is 105 Å². The minimum atomic E-state index is -0.641. The monoisotopic (exact) mass is 384 g/mol. The van der Waals surface area contributed by atoms with Gasteiger partial charge in [-0.1, -0.05) is 54.6 Å². The Balaban J connectivity index is 1.57. The molecule has 3 aromatic carbocycles. The molecule has 1 N–H and O–H groups in total. The number of nitrogens with one attached hydrogen (secondary N) is 1. The van der Waals surface area contributed by atoms with E-state index >= 15 is 0 Å². The van der Waals surface area contributed by atoms with Gasteiger partial charge in [0.25, 0.3) is 5.69 Å². The number of anilines is 1. The van der Waals surface area contributed by atoms with Crippen molar-refractivity contribution in [2.45, 2.75) is 25.2 Å². The van der Waals surface area contributed by atoms with Crippen LogP contribution in [0.25, 0.3) is 0 Å². The second-order valence-electron chi connectivity index (χ2n) is 8.13. The fourth-order valence-corrected chi connectivity index (χ4v) is 5.16. The first-order valence-corrected chi connectivity index (χ1v) is 9.72. The van der Waals surface area contributed by atoms with Crippen LogP contribution in [0.1, 0.15) is 47.4 Å². The van der Waals surface area contributed by atoms with E-state index in [1.54, 1.807) is 12.1 Å². The molecule has 3 aliphatic carbocycles. The van der Waals surface area contributed by atoms with Crippen LogP contribution in [-0.2, 0) is 4.79 Å². The molecule has 0 radical (unpaired) electrons. The molecule has 29 heavy (non-hydrogen) atoms. The average molecular weight is 384 g/mol. The smallest absolute Gasteiger partial charge is 0.271 e. The molecule has 0 saturated heterocycles. The summed E-state index contributed by atoms with van der Waals surface area (Å²) < 4.78 is 0. The van der Waals surface area contributed by atoms with Gasteiger partial charge < -0.3 is 5.32 Å². The van der Waals surface area contributed by atoms with Crippen LogP contribution in [-0.4, -0.2) is 10.8 Å². The van der Waals surface area contributed by atoms with Gasteiger partial charge in [0, 0.05) is 29.7 Å². The molecule has 1 unspecified atom stereocenters. The van der Waals surface area contributed by atoms with Crippen molar-refractivity contribution in [1.29, 1.82) is 0 Å². The summed E-state index contributed by atoms with van der Waals surface area (Å²) in [5.41, 5.74) is 4.80. The predicted molar refractivity (Wildman–Crippen MR) is 111 cm³/mol. The van der Waals surface area contributed by atoms with E-state index in [-0.39, 0.29) is 23.4 Å². The minimum absolute atomic E-state index is 0.0335. The van der Waals surface area contributed by atoms with E-state index in [0.29, 0.717) is 12.1 Å². The van der Waals surface area contributed by atoms with Crippen molar-refractivity contribution in [3.63, 3.8) is 0 Å². The summed E-state index contributed by atoms with van der Waals surface area (Å²) >= 11 is 0. The molecule has 0 aliphatic heterocycles. The number of carbonyl (C=O) groups is 1. The molecular weight excluding hydrogens is 364 g/mol. The number of hydrogen-bond donors (Lipinski definition) is 1. The highest BCUT2D eigenvalue weighted by atomic mass is 16.6. The van der Waals surface area contributed by atoms with Gasteiger partial charge in [0.05, 0.1) is 10.3 Å². The lowest BCUT2D eigenvalue weighted by molar-refractivity contribution is -0.384. The minimum Gasteiger partial charge on any atom is -0.325 e. The molecule has 5 nitrogen and oxygen atoms in total. The van der Waals surface area contributed by atoms with Crippen molar-refractivity contribution in [2.24, 2.45) is 5.41 Å². The number of rotatable bonds is 3. The van der Waals surface area contributed by atoms with E-state index in [9.17, 15) is 14.9 Å². The summed E-state index contributed by atoms with van der Waals surface area (Å²) in [6.45, 7) is 2.02. The zero-order chi connectivity index (χ0) is 20.2. The Morgan fingerprint density at radius 3 is 2.14 bits per heavy atom. The Labute approximate surface area is 168 Å². The van der Waals surface area contributed by atoms with Gasteiger partial charge in [-0.15, -0.1) is 0 Å². The molecule has 2 bridgehead atoms. The maximum Gasteiger partial charge on any atom is 0.271 e. The highest BCUT2D eigenvalue weighted by molar-refractivity contribution is 5.97. The topological polar surface area (TPSA) is 72.2 Å². The lowest BCUT2D eigenvalue weighted by Crippen LogP contribution is -2.47. The molecule has 0 heterocycles. The summed E-state index contributed by atoms with van der Waals surface area (Å²) in [4.78, 5) is 24.1. The van der Waals surface area contributed by atoms with Gasteiger partial charge in [-0.05, 0) is 41.7 Å². The van der Waals surface area contributed by atoms with Crippen LogP contribution in [0.15, 0.2) is 72.8 Å². The predicted octanol–water partition coefficient (Wildman–Crippen LogP) is 5.22. The molecular formula is C24H20N2O3. The number of non-ortho nitro benzene ring substituents is 1. The number of amides is 1. The number of hydrogen-bond acceptors (Lipinski definition) is 3. The molecule has 144 valence electrons. The van der Waals surface area contributed by atoms with Gasteiger partial charge in [-0.2, -0.15) is 0 Å². The lowest BCUT2D eigenvalue weighted by atomic mass is 9.52. The Morgan fingerprint density at radius 2 is 1.55 bits per heavy atom. The normalized spacial score (nSPS) is 23.8. The summed E-state index contributed by atoms with van der Waals surface area (Å²) in [6, 6.07) is 22.9. The third-order valence-electron chi connectivity index (χ3n) is 6.46. The fourth-order valence-electron chi connectivity index (χ4n) is 5.16. The summed E-state index contributed by atoms with van der Waals surface area (Å²) in [5, 5.41) is 14.0. The quantitative estimate of drug-likeness (QED) is 0.497. The van der Waals surface area contributed by atoms with Crippen molar-refractivity contribution >= 4 is 17.3 Å². The maximum atomic E-state index is 13.5. The summed E-state index contributed by atoms with van der Waals surface area (Å²) in [5.74, 6) is 0.0314.